The van der Waals surface area contributed by atoms with E-state index >= 15 is 0 Å². The van der Waals surface area contributed by atoms with Crippen LogP contribution >= 0.6 is 0 Å². The second-order valence-corrected chi connectivity index (χ2v) is 5.99. The Morgan fingerprint density at radius 1 is 1.33 bits per heavy atom. The molecule has 1 fully saturated rings. The predicted octanol–water partition coefficient (Wildman–Crippen LogP) is 2.38. The molecule has 1 aromatic heterocycles. The van der Waals surface area contributed by atoms with E-state index in [0.717, 1.165) is 11.4 Å². The number of aryl methyl sites for hydroxylation is 2. The van der Waals surface area contributed by atoms with Gasteiger partial charge in [-0.05, 0) is 37.6 Å². The Balaban J connectivity index is 1.69. The Bertz CT molecular complexity index is 731. The van der Waals surface area contributed by atoms with Crippen LogP contribution in [0.4, 0.5) is 4.39 Å². The molecule has 0 radical (unpaired) electrons. The lowest BCUT2D eigenvalue weighted by Gasteiger charge is -2.33. The van der Waals surface area contributed by atoms with Crippen LogP contribution in [0.5, 0.6) is 0 Å². The number of carbonyl (C=O) groups excluding carboxylic acids is 1. The average molecular weight is 329 g/mol. The highest BCUT2D eigenvalue weighted by Gasteiger charge is 2.26. The Kier molecular flexibility index (Phi) is 4.85. The first kappa shape index (κ1) is 16.5. The molecule has 1 atom stereocenters. The number of hydrogen-bond acceptors (Lipinski definition) is 4. The van der Waals surface area contributed by atoms with Gasteiger partial charge in [0.25, 0.3) is 0 Å². The van der Waals surface area contributed by atoms with E-state index in [1.807, 2.05) is 19.9 Å². The molecule has 2 aromatic rings. The first-order valence-corrected chi connectivity index (χ1v) is 7.97. The molecule has 0 saturated carbocycles. The third-order valence-corrected chi connectivity index (χ3v) is 3.98. The standard InChI is InChI=1S/C18H20FN3O2/c1-12-8-16(21-13(2)20-12)17-11-22(6-7-24-17)18(23)10-14-4-3-5-15(19)9-14/h3-5,8-9,17H,6-7,10-11H2,1-2H3/t17-/m0/s1. The number of aromatic nitrogens is 2. The Hall–Kier alpha value is -2.34. The molecule has 5 nitrogen and oxygen atoms in total. The van der Waals surface area contributed by atoms with E-state index in [-0.39, 0.29) is 24.2 Å². The van der Waals surface area contributed by atoms with E-state index in [2.05, 4.69) is 9.97 Å². The number of rotatable bonds is 3. The van der Waals surface area contributed by atoms with Crippen LogP contribution in [-0.2, 0) is 16.0 Å². The van der Waals surface area contributed by atoms with Crippen LogP contribution in [0.1, 0.15) is 28.9 Å². The number of morpholine rings is 1. The molecule has 1 aromatic carbocycles. The van der Waals surface area contributed by atoms with Crippen molar-refractivity contribution in [2.45, 2.75) is 26.4 Å². The number of halogens is 1. The van der Waals surface area contributed by atoms with Crippen molar-refractivity contribution in [2.75, 3.05) is 19.7 Å². The van der Waals surface area contributed by atoms with Gasteiger partial charge in [0.2, 0.25) is 5.91 Å². The van der Waals surface area contributed by atoms with Gasteiger partial charge in [0.15, 0.2) is 0 Å². The lowest BCUT2D eigenvalue weighted by atomic mass is 10.1. The first-order chi connectivity index (χ1) is 11.5. The summed E-state index contributed by atoms with van der Waals surface area (Å²) in [5, 5.41) is 0. The molecule has 2 heterocycles. The number of benzene rings is 1. The van der Waals surface area contributed by atoms with Gasteiger partial charge in [-0.25, -0.2) is 14.4 Å². The fourth-order valence-corrected chi connectivity index (χ4v) is 2.90. The highest BCUT2D eigenvalue weighted by molar-refractivity contribution is 5.78. The molecule has 3 rings (SSSR count). The molecular weight excluding hydrogens is 309 g/mol. The van der Waals surface area contributed by atoms with Crippen LogP contribution in [-0.4, -0.2) is 40.5 Å². The topological polar surface area (TPSA) is 55.3 Å². The molecule has 1 amide bonds. The van der Waals surface area contributed by atoms with Crippen molar-refractivity contribution in [3.8, 4) is 0 Å². The summed E-state index contributed by atoms with van der Waals surface area (Å²) in [6, 6.07) is 8.03. The maximum atomic E-state index is 13.3. The summed E-state index contributed by atoms with van der Waals surface area (Å²) in [5.41, 5.74) is 2.35. The van der Waals surface area contributed by atoms with Crippen molar-refractivity contribution in [1.82, 2.24) is 14.9 Å². The van der Waals surface area contributed by atoms with Crippen LogP contribution in [0, 0.1) is 19.7 Å². The second-order valence-electron chi connectivity index (χ2n) is 5.99. The monoisotopic (exact) mass is 329 g/mol. The minimum absolute atomic E-state index is 0.0311. The molecule has 1 aliphatic heterocycles. The van der Waals surface area contributed by atoms with Crippen molar-refractivity contribution < 1.29 is 13.9 Å². The highest BCUT2D eigenvalue weighted by atomic mass is 19.1. The van der Waals surface area contributed by atoms with Crippen LogP contribution in [0.3, 0.4) is 0 Å². The second kappa shape index (κ2) is 7.05. The Morgan fingerprint density at radius 2 is 2.17 bits per heavy atom. The summed E-state index contributed by atoms with van der Waals surface area (Å²) < 4.78 is 19.0. The summed E-state index contributed by atoms with van der Waals surface area (Å²) in [6.45, 7) is 5.19. The molecule has 126 valence electrons. The van der Waals surface area contributed by atoms with E-state index in [1.165, 1.54) is 12.1 Å². The number of nitrogens with zero attached hydrogens (tertiary/aromatic N) is 3. The summed E-state index contributed by atoms with van der Waals surface area (Å²) in [5.74, 6) is 0.334. The number of carbonyl (C=O) groups is 1. The summed E-state index contributed by atoms with van der Waals surface area (Å²) in [6.07, 6.45) is -0.0673. The number of amides is 1. The van der Waals surface area contributed by atoms with E-state index in [1.54, 1.807) is 17.0 Å². The van der Waals surface area contributed by atoms with Crippen LogP contribution < -0.4 is 0 Å². The van der Waals surface area contributed by atoms with E-state index in [9.17, 15) is 9.18 Å². The summed E-state index contributed by atoms with van der Waals surface area (Å²) >= 11 is 0. The molecule has 0 unspecified atom stereocenters. The van der Waals surface area contributed by atoms with E-state index < -0.39 is 0 Å². The average Bonchev–Trinajstić information content (AvgIpc) is 2.54. The van der Waals surface area contributed by atoms with Gasteiger partial charge in [-0.3, -0.25) is 4.79 Å². The van der Waals surface area contributed by atoms with Gasteiger partial charge in [0.05, 0.1) is 25.3 Å². The quantitative estimate of drug-likeness (QED) is 0.867. The highest BCUT2D eigenvalue weighted by Crippen LogP contribution is 2.22. The summed E-state index contributed by atoms with van der Waals surface area (Å²) in [7, 11) is 0. The SMILES string of the molecule is Cc1cc([C@@H]2CN(C(=O)Cc3cccc(F)c3)CCO2)nc(C)n1. The van der Waals surface area contributed by atoms with Gasteiger partial charge in [-0.1, -0.05) is 12.1 Å². The Morgan fingerprint density at radius 3 is 2.92 bits per heavy atom. The Labute approximate surface area is 140 Å². The van der Waals surface area contributed by atoms with Crippen LogP contribution in [0.15, 0.2) is 30.3 Å². The molecule has 0 bridgehead atoms. The third-order valence-electron chi connectivity index (χ3n) is 3.98. The molecule has 24 heavy (non-hydrogen) atoms. The fraction of sp³-hybridized carbons (Fsp3) is 0.389. The molecule has 0 N–H and O–H groups in total. The summed E-state index contributed by atoms with van der Waals surface area (Å²) in [4.78, 5) is 22.9. The van der Waals surface area contributed by atoms with Crippen molar-refractivity contribution >= 4 is 5.91 Å². The van der Waals surface area contributed by atoms with Crippen molar-refractivity contribution in [3.05, 3.63) is 58.9 Å². The maximum absolute atomic E-state index is 13.3. The maximum Gasteiger partial charge on any atom is 0.227 e. The number of ether oxygens (including phenoxy) is 1. The molecule has 0 spiro atoms. The fourth-order valence-electron chi connectivity index (χ4n) is 2.90. The van der Waals surface area contributed by atoms with Crippen LogP contribution in [0.2, 0.25) is 0 Å². The van der Waals surface area contributed by atoms with E-state index in [4.69, 9.17) is 4.74 Å². The van der Waals surface area contributed by atoms with E-state index in [0.29, 0.717) is 31.1 Å². The van der Waals surface area contributed by atoms with Crippen molar-refractivity contribution in [1.29, 1.82) is 0 Å². The number of hydrogen-bond donors (Lipinski definition) is 0. The van der Waals surface area contributed by atoms with Crippen molar-refractivity contribution in [3.63, 3.8) is 0 Å². The zero-order chi connectivity index (χ0) is 17.1. The van der Waals surface area contributed by atoms with Crippen LogP contribution in [0.25, 0.3) is 0 Å². The van der Waals surface area contributed by atoms with Gasteiger partial charge >= 0.3 is 0 Å². The smallest absolute Gasteiger partial charge is 0.227 e. The first-order valence-electron chi connectivity index (χ1n) is 7.97. The molecule has 0 aliphatic carbocycles. The minimum atomic E-state index is -0.327. The lowest BCUT2D eigenvalue weighted by Crippen LogP contribution is -2.43. The lowest BCUT2D eigenvalue weighted by molar-refractivity contribution is -0.138. The minimum Gasteiger partial charge on any atom is -0.368 e. The van der Waals surface area contributed by atoms with Gasteiger partial charge in [0.1, 0.15) is 17.7 Å². The zero-order valence-electron chi connectivity index (χ0n) is 13.8. The molecule has 1 saturated heterocycles. The van der Waals surface area contributed by atoms with Crippen molar-refractivity contribution in [2.24, 2.45) is 0 Å². The van der Waals surface area contributed by atoms with Gasteiger partial charge in [0, 0.05) is 12.2 Å². The molecular formula is C18H20FN3O2. The zero-order valence-corrected chi connectivity index (χ0v) is 13.8. The normalized spacial score (nSPS) is 17.8. The third kappa shape index (κ3) is 3.94. The predicted molar refractivity (Wildman–Crippen MR) is 86.9 cm³/mol. The van der Waals surface area contributed by atoms with Gasteiger partial charge in [-0.2, -0.15) is 0 Å². The largest absolute Gasteiger partial charge is 0.368 e. The molecule has 6 heteroatoms. The van der Waals surface area contributed by atoms with Gasteiger partial charge in [-0.15, -0.1) is 0 Å². The van der Waals surface area contributed by atoms with Gasteiger partial charge < -0.3 is 9.64 Å². The molecule has 1 aliphatic rings.